The third-order valence-corrected chi connectivity index (χ3v) is 3.42. The Morgan fingerprint density at radius 2 is 1.88 bits per heavy atom. The van der Waals surface area contributed by atoms with E-state index >= 15 is 0 Å². The molecular formula is C11H9NO4S. The lowest BCUT2D eigenvalue weighted by Gasteiger charge is -2.02. The van der Waals surface area contributed by atoms with E-state index in [0.29, 0.717) is 10.9 Å². The van der Waals surface area contributed by atoms with Crippen LogP contribution in [-0.2, 0) is 9.84 Å². The molecule has 5 nitrogen and oxygen atoms in total. The lowest BCUT2D eigenvalue weighted by atomic mass is 10.2. The summed E-state index contributed by atoms with van der Waals surface area (Å²) in [4.78, 5) is 14.8. The van der Waals surface area contributed by atoms with E-state index in [0.717, 1.165) is 6.26 Å². The van der Waals surface area contributed by atoms with Crippen molar-refractivity contribution in [3.05, 3.63) is 36.0 Å². The molecule has 0 spiro atoms. The van der Waals surface area contributed by atoms with Gasteiger partial charge in [0.05, 0.1) is 10.4 Å². The Morgan fingerprint density at radius 1 is 1.24 bits per heavy atom. The Kier molecular flexibility index (Phi) is 2.59. The molecule has 0 aliphatic heterocycles. The highest BCUT2D eigenvalue weighted by Gasteiger charge is 2.10. The zero-order valence-electron chi connectivity index (χ0n) is 8.91. The number of carbonyl (C=O) groups is 1. The zero-order valence-corrected chi connectivity index (χ0v) is 9.73. The normalized spacial score (nSPS) is 11.6. The number of carboxylic acid groups (broad SMARTS) is 1. The van der Waals surface area contributed by atoms with E-state index in [-0.39, 0.29) is 10.6 Å². The van der Waals surface area contributed by atoms with E-state index in [9.17, 15) is 13.2 Å². The fraction of sp³-hybridized carbons (Fsp3) is 0.0909. The summed E-state index contributed by atoms with van der Waals surface area (Å²) in [5, 5.41) is 9.49. The van der Waals surface area contributed by atoms with Crippen LogP contribution < -0.4 is 0 Å². The number of benzene rings is 1. The maximum absolute atomic E-state index is 11.4. The van der Waals surface area contributed by atoms with E-state index in [2.05, 4.69) is 4.98 Å². The molecule has 1 aromatic heterocycles. The zero-order chi connectivity index (χ0) is 12.6. The molecule has 6 heteroatoms. The summed E-state index contributed by atoms with van der Waals surface area (Å²) in [6, 6.07) is 7.42. The van der Waals surface area contributed by atoms with Gasteiger partial charge in [-0.1, -0.05) is 12.1 Å². The van der Waals surface area contributed by atoms with Gasteiger partial charge in [0.15, 0.2) is 9.84 Å². The van der Waals surface area contributed by atoms with Crippen molar-refractivity contribution < 1.29 is 18.3 Å². The first-order chi connectivity index (χ1) is 7.88. The minimum absolute atomic E-state index is 0.108. The van der Waals surface area contributed by atoms with Crippen molar-refractivity contribution in [3.63, 3.8) is 0 Å². The Hall–Kier alpha value is -1.95. The first-order valence-electron chi connectivity index (χ1n) is 4.72. The number of fused-ring (bicyclic) bond motifs is 1. The Morgan fingerprint density at radius 3 is 2.47 bits per heavy atom. The standard InChI is InChI=1S/C11H9NO4S/c1-17(15,16)8-4-2-7-3-5-9(11(13)14)12-10(7)6-8/h2-6H,1H3,(H,13,14). The lowest BCUT2D eigenvalue weighted by molar-refractivity contribution is 0.0691. The van der Waals surface area contributed by atoms with Crippen molar-refractivity contribution in [1.82, 2.24) is 4.98 Å². The number of rotatable bonds is 2. The Balaban J connectivity index is 2.71. The van der Waals surface area contributed by atoms with Gasteiger partial charge in [-0.2, -0.15) is 0 Å². The average Bonchev–Trinajstić information content (AvgIpc) is 2.26. The highest BCUT2D eigenvalue weighted by molar-refractivity contribution is 7.90. The van der Waals surface area contributed by atoms with E-state index in [1.165, 1.54) is 18.2 Å². The van der Waals surface area contributed by atoms with Crippen LogP contribution in [0.5, 0.6) is 0 Å². The highest BCUT2D eigenvalue weighted by atomic mass is 32.2. The van der Waals surface area contributed by atoms with Gasteiger partial charge in [-0.3, -0.25) is 0 Å². The molecule has 0 aliphatic rings. The molecular weight excluding hydrogens is 242 g/mol. The number of aromatic nitrogens is 1. The average molecular weight is 251 g/mol. The van der Waals surface area contributed by atoms with E-state index < -0.39 is 15.8 Å². The fourth-order valence-corrected chi connectivity index (χ4v) is 2.09. The second-order valence-electron chi connectivity index (χ2n) is 3.63. The van der Waals surface area contributed by atoms with Gasteiger partial charge < -0.3 is 5.11 Å². The third-order valence-electron chi connectivity index (χ3n) is 2.31. The topological polar surface area (TPSA) is 84.3 Å². The predicted octanol–water partition coefficient (Wildman–Crippen LogP) is 1.34. The summed E-state index contributed by atoms with van der Waals surface area (Å²) in [5.41, 5.74) is 0.246. The number of hydrogen-bond acceptors (Lipinski definition) is 4. The third kappa shape index (κ3) is 2.26. The van der Waals surface area contributed by atoms with Gasteiger partial charge in [0, 0.05) is 11.6 Å². The molecule has 0 unspecified atom stereocenters. The van der Waals surface area contributed by atoms with Crippen LogP contribution in [0.25, 0.3) is 10.9 Å². The Bertz CT molecular complexity index is 706. The molecule has 0 saturated heterocycles. The lowest BCUT2D eigenvalue weighted by Crippen LogP contribution is -2.01. The molecule has 2 rings (SSSR count). The van der Waals surface area contributed by atoms with Gasteiger partial charge in [0.25, 0.3) is 0 Å². The van der Waals surface area contributed by atoms with Crippen molar-refractivity contribution >= 4 is 26.7 Å². The van der Waals surface area contributed by atoms with E-state index in [4.69, 9.17) is 5.11 Å². The smallest absolute Gasteiger partial charge is 0.354 e. The molecule has 0 atom stereocenters. The molecule has 1 aromatic carbocycles. The molecule has 17 heavy (non-hydrogen) atoms. The second-order valence-corrected chi connectivity index (χ2v) is 5.64. The number of hydrogen-bond donors (Lipinski definition) is 1. The molecule has 0 aliphatic carbocycles. The van der Waals surface area contributed by atoms with Crippen molar-refractivity contribution in [3.8, 4) is 0 Å². The molecule has 0 bridgehead atoms. The van der Waals surface area contributed by atoms with Gasteiger partial charge in [-0.05, 0) is 18.2 Å². The van der Waals surface area contributed by atoms with Crippen LogP contribution in [0, 0.1) is 0 Å². The van der Waals surface area contributed by atoms with Crippen LogP contribution in [0.4, 0.5) is 0 Å². The quantitative estimate of drug-likeness (QED) is 0.870. The summed E-state index contributed by atoms with van der Waals surface area (Å²) in [5.74, 6) is -1.14. The molecule has 88 valence electrons. The van der Waals surface area contributed by atoms with Gasteiger partial charge in [0.1, 0.15) is 5.69 Å². The second kappa shape index (κ2) is 3.81. The molecule has 2 aromatic rings. The number of carboxylic acids is 1. The summed E-state index contributed by atoms with van der Waals surface area (Å²) in [6.07, 6.45) is 1.09. The molecule has 1 N–H and O–H groups in total. The number of nitrogens with zero attached hydrogens (tertiary/aromatic N) is 1. The van der Waals surface area contributed by atoms with E-state index in [1.807, 2.05) is 0 Å². The summed E-state index contributed by atoms with van der Waals surface area (Å²) in [6.45, 7) is 0. The van der Waals surface area contributed by atoms with Gasteiger partial charge in [-0.25, -0.2) is 18.2 Å². The first kappa shape index (κ1) is 11.5. The van der Waals surface area contributed by atoms with Crippen LogP contribution >= 0.6 is 0 Å². The van der Waals surface area contributed by atoms with Gasteiger partial charge >= 0.3 is 5.97 Å². The van der Waals surface area contributed by atoms with Crippen LogP contribution in [0.2, 0.25) is 0 Å². The molecule has 0 saturated carbocycles. The monoisotopic (exact) mass is 251 g/mol. The predicted molar refractivity (Wildman–Crippen MR) is 61.8 cm³/mol. The number of aromatic carboxylic acids is 1. The van der Waals surface area contributed by atoms with Crippen molar-refractivity contribution in [1.29, 1.82) is 0 Å². The fourth-order valence-electron chi connectivity index (χ4n) is 1.45. The largest absolute Gasteiger partial charge is 0.477 e. The summed E-state index contributed by atoms with van der Waals surface area (Å²) < 4.78 is 22.7. The van der Waals surface area contributed by atoms with Gasteiger partial charge in [0.2, 0.25) is 0 Å². The van der Waals surface area contributed by atoms with Crippen LogP contribution in [0.3, 0.4) is 0 Å². The van der Waals surface area contributed by atoms with Crippen LogP contribution in [0.1, 0.15) is 10.5 Å². The molecule has 1 heterocycles. The maximum atomic E-state index is 11.4. The van der Waals surface area contributed by atoms with Crippen LogP contribution in [0.15, 0.2) is 35.2 Å². The van der Waals surface area contributed by atoms with Crippen molar-refractivity contribution in [2.24, 2.45) is 0 Å². The van der Waals surface area contributed by atoms with Gasteiger partial charge in [-0.15, -0.1) is 0 Å². The summed E-state index contributed by atoms with van der Waals surface area (Å²) in [7, 11) is -3.31. The first-order valence-corrected chi connectivity index (χ1v) is 6.61. The minimum atomic E-state index is -3.31. The number of sulfone groups is 1. The molecule has 0 fully saturated rings. The van der Waals surface area contributed by atoms with E-state index in [1.54, 1.807) is 12.1 Å². The maximum Gasteiger partial charge on any atom is 0.354 e. The molecule has 0 amide bonds. The highest BCUT2D eigenvalue weighted by Crippen LogP contribution is 2.18. The Labute approximate surface area is 97.6 Å². The number of pyridine rings is 1. The van der Waals surface area contributed by atoms with Crippen molar-refractivity contribution in [2.45, 2.75) is 4.90 Å². The minimum Gasteiger partial charge on any atom is -0.477 e. The van der Waals surface area contributed by atoms with Crippen LogP contribution in [-0.4, -0.2) is 30.7 Å². The van der Waals surface area contributed by atoms with Crippen molar-refractivity contribution in [2.75, 3.05) is 6.26 Å². The molecule has 0 radical (unpaired) electrons. The SMILES string of the molecule is CS(=O)(=O)c1ccc2ccc(C(=O)O)nc2c1. The summed E-state index contributed by atoms with van der Waals surface area (Å²) >= 11 is 0.